The molecule has 2 aromatic heterocycles. The van der Waals surface area contributed by atoms with E-state index in [9.17, 15) is 9.18 Å². The molecule has 0 spiro atoms. The van der Waals surface area contributed by atoms with Gasteiger partial charge in [0.1, 0.15) is 11.5 Å². The van der Waals surface area contributed by atoms with E-state index in [0.717, 1.165) is 12.8 Å². The SMILES string of the molecule is Nc1ccc(Cl)c(F)c1C1=CC(=O)N2C(c3ncc(-c4[nH]ncc4Cl)[nH]3)CC[C@@H]2C1. The zero-order chi connectivity index (χ0) is 21.0. The van der Waals surface area contributed by atoms with Gasteiger partial charge in [0.05, 0.1) is 34.2 Å². The normalized spacial score (nSPS) is 21.1. The number of amides is 1. The fraction of sp³-hybridized carbons (Fsp3) is 0.250. The molecule has 5 rings (SSSR count). The molecular formula is C20H17Cl2FN6O. The molecular weight excluding hydrogens is 430 g/mol. The van der Waals surface area contributed by atoms with Crippen molar-refractivity contribution in [2.24, 2.45) is 0 Å². The van der Waals surface area contributed by atoms with E-state index in [1.54, 1.807) is 17.2 Å². The Morgan fingerprint density at radius 2 is 2.03 bits per heavy atom. The van der Waals surface area contributed by atoms with Gasteiger partial charge in [0.2, 0.25) is 5.91 Å². The Labute approximate surface area is 181 Å². The Morgan fingerprint density at radius 1 is 1.20 bits per heavy atom. The zero-order valence-corrected chi connectivity index (χ0v) is 17.1. The first-order chi connectivity index (χ1) is 14.4. The topological polar surface area (TPSA) is 104 Å². The van der Waals surface area contributed by atoms with Crippen LogP contribution < -0.4 is 5.73 Å². The van der Waals surface area contributed by atoms with Crippen molar-refractivity contribution in [3.8, 4) is 11.4 Å². The summed E-state index contributed by atoms with van der Waals surface area (Å²) in [7, 11) is 0. The molecule has 1 saturated heterocycles. The number of hydrogen-bond acceptors (Lipinski definition) is 4. The number of anilines is 1. The van der Waals surface area contributed by atoms with Crippen molar-refractivity contribution in [3.05, 3.63) is 57.9 Å². The third-order valence-electron chi connectivity index (χ3n) is 5.73. The van der Waals surface area contributed by atoms with Gasteiger partial charge in [-0.05, 0) is 37.0 Å². The maximum atomic E-state index is 14.6. The highest BCUT2D eigenvalue weighted by atomic mass is 35.5. The van der Waals surface area contributed by atoms with Crippen molar-refractivity contribution in [2.75, 3.05) is 5.73 Å². The summed E-state index contributed by atoms with van der Waals surface area (Å²) in [5, 5.41) is 7.21. The largest absolute Gasteiger partial charge is 0.398 e. The molecule has 1 unspecified atom stereocenters. The second-order valence-corrected chi connectivity index (χ2v) is 8.28. The van der Waals surface area contributed by atoms with Gasteiger partial charge in [-0.25, -0.2) is 9.37 Å². The number of benzene rings is 1. The number of carbonyl (C=O) groups is 1. The maximum Gasteiger partial charge on any atom is 0.247 e. The van der Waals surface area contributed by atoms with Crippen LogP contribution >= 0.6 is 23.2 Å². The fourth-order valence-corrected chi connectivity index (χ4v) is 4.73. The molecule has 0 saturated carbocycles. The van der Waals surface area contributed by atoms with Crippen molar-refractivity contribution >= 4 is 40.4 Å². The van der Waals surface area contributed by atoms with Crippen molar-refractivity contribution < 1.29 is 9.18 Å². The number of imidazole rings is 1. The van der Waals surface area contributed by atoms with Crippen LogP contribution in [0.25, 0.3) is 17.0 Å². The Hall–Kier alpha value is -2.84. The molecule has 2 atom stereocenters. The molecule has 3 aromatic rings. The van der Waals surface area contributed by atoms with Crippen molar-refractivity contribution in [3.63, 3.8) is 0 Å². The third-order valence-corrected chi connectivity index (χ3v) is 6.31. The predicted octanol–water partition coefficient (Wildman–Crippen LogP) is 4.35. The second kappa shape index (κ2) is 7.14. The molecule has 30 heavy (non-hydrogen) atoms. The van der Waals surface area contributed by atoms with E-state index in [2.05, 4.69) is 20.2 Å². The van der Waals surface area contributed by atoms with Gasteiger partial charge in [-0.1, -0.05) is 23.2 Å². The van der Waals surface area contributed by atoms with Crippen LogP contribution in [0.5, 0.6) is 0 Å². The smallest absolute Gasteiger partial charge is 0.247 e. The Balaban J connectivity index is 1.46. The van der Waals surface area contributed by atoms with Crippen LogP contribution in [0.1, 0.15) is 36.7 Å². The molecule has 7 nitrogen and oxygen atoms in total. The maximum absolute atomic E-state index is 14.6. The average molecular weight is 447 g/mol. The molecule has 1 amide bonds. The molecule has 1 aromatic carbocycles. The van der Waals surface area contributed by atoms with Gasteiger partial charge in [0.15, 0.2) is 5.82 Å². The molecule has 0 radical (unpaired) electrons. The molecule has 2 aliphatic rings. The second-order valence-electron chi connectivity index (χ2n) is 7.47. The van der Waals surface area contributed by atoms with Gasteiger partial charge >= 0.3 is 0 Å². The number of fused-ring (bicyclic) bond motifs is 1. The Bertz CT molecular complexity index is 1190. The van der Waals surface area contributed by atoms with Gasteiger partial charge in [-0.15, -0.1) is 0 Å². The number of hydrogen-bond donors (Lipinski definition) is 3. The highest BCUT2D eigenvalue weighted by Crippen LogP contribution is 2.44. The summed E-state index contributed by atoms with van der Waals surface area (Å²) in [6, 6.07) is 2.71. The average Bonchev–Trinajstić information content (AvgIpc) is 3.44. The lowest BCUT2D eigenvalue weighted by Gasteiger charge is -2.33. The first-order valence-electron chi connectivity index (χ1n) is 9.45. The van der Waals surface area contributed by atoms with E-state index in [4.69, 9.17) is 28.9 Å². The van der Waals surface area contributed by atoms with E-state index < -0.39 is 5.82 Å². The molecule has 2 aliphatic heterocycles. The molecule has 10 heteroatoms. The summed E-state index contributed by atoms with van der Waals surface area (Å²) < 4.78 is 14.6. The summed E-state index contributed by atoms with van der Waals surface area (Å²) in [4.78, 5) is 22.5. The molecule has 4 N–H and O–H groups in total. The van der Waals surface area contributed by atoms with Crippen LogP contribution in [-0.4, -0.2) is 37.0 Å². The number of aromatic nitrogens is 4. The van der Waals surface area contributed by atoms with Crippen LogP contribution in [0.4, 0.5) is 10.1 Å². The first-order valence-corrected chi connectivity index (χ1v) is 10.2. The van der Waals surface area contributed by atoms with Crippen molar-refractivity contribution in [2.45, 2.75) is 31.3 Å². The van der Waals surface area contributed by atoms with E-state index in [0.29, 0.717) is 34.2 Å². The Morgan fingerprint density at radius 3 is 2.80 bits per heavy atom. The van der Waals surface area contributed by atoms with Crippen LogP contribution in [0.3, 0.4) is 0 Å². The monoisotopic (exact) mass is 446 g/mol. The molecule has 154 valence electrons. The highest BCUT2D eigenvalue weighted by molar-refractivity contribution is 6.32. The number of nitrogens with two attached hydrogens (primary N) is 1. The van der Waals surface area contributed by atoms with Crippen molar-refractivity contribution in [1.29, 1.82) is 0 Å². The fourth-order valence-electron chi connectivity index (χ4n) is 4.38. The van der Waals surface area contributed by atoms with Gasteiger partial charge in [0, 0.05) is 23.4 Å². The number of rotatable bonds is 3. The van der Waals surface area contributed by atoms with E-state index in [1.807, 2.05) is 0 Å². The summed E-state index contributed by atoms with van der Waals surface area (Å²) >= 11 is 12.1. The van der Waals surface area contributed by atoms with Crippen LogP contribution in [0.2, 0.25) is 10.0 Å². The number of carbonyl (C=O) groups excluding carboxylic acids is 1. The van der Waals surface area contributed by atoms with Gasteiger partial charge in [-0.3, -0.25) is 9.89 Å². The lowest BCUT2D eigenvalue weighted by molar-refractivity contribution is -0.129. The number of aromatic amines is 2. The summed E-state index contributed by atoms with van der Waals surface area (Å²) in [5.41, 5.74) is 8.39. The standard InChI is InChI=1S/C20H17Cl2FN6O/c21-11-2-3-13(24)17(18(11)23)9-5-10-1-4-15(29(10)16(30)6-9)20-25-8-14(27-20)19-12(22)7-26-28-19/h2-3,6-8,10,15H,1,4-5,24H2,(H,25,27)(H,26,28)/t10-,15?/m1/s1. The molecule has 0 bridgehead atoms. The van der Waals surface area contributed by atoms with E-state index in [-0.39, 0.29) is 34.3 Å². The minimum Gasteiger partial charge on any atom is -0.398 e. The highest BCUT2D eigenvalue weighted by Gasteiger charge is 2.42. The predicted molar refractivity (Wildman–Crippen MR) is 112 cm³/mol. The molecule has 1 fully saturated rings. The Kier molecular flexibility index (Phi) is 4.56. The first kappa shape index (κ1) is 19.1. The van der Waals surface area contributed by atoms with Gasteiger partial charge < -0.3 is 15.6 Å². The summed E-state index contributed by atoms with van der Waals surface area (Å²) in [6.45, 7) is 0. The van der Waals surface area contributed by atoms with Crippen LogP contribution in [0.15, 0.2) is 30.6 Å². The minimum absolute atomic E-state index is 0.0140. The summed E-state index contributed by atoms with van der Waals surface area (Å²) in [6.07, 6.45) is 6.66. The molecule has 0 aliphatic carbocycles. The summed E-state index contributed by atoms with van der Waals surface area (Å²) in [5.74, 6) is -0.109. The van der Waals surface area contributed by atoms with E-state index >= 15 is 0 Å². The number of nitrogens with one attached hydrogen (secondary N) is 2. The number of halogens is 3. The van der Waals surface area contributed by atoms with Crippen LogP contribution in [-0.2, 0) is 4.79 Å². The quantitative estimate of drug-likeness (QED) is 0.520. The lowest BCUT2D eigenvalue weighted by Crippen LogP contribution is -2.39. The van der Waals surface area contributed by atoms with Gasteiger partial charge in [-0.2, -0.15) is 5.10 Å². The lowest BCUT2D eigenvalue weighted by atomic mass is 9.92. The van der Waals surface area contributed by atoms with E-state index in [1.165, 1.54) is 18.3 Å². The molecule has 4 heterocycles. The zero-order valence-electron chi connectivity index (χ0n) is 15.6. The number of H-pyrrole nitrogens is 2. The van der Waals surface area contributed by atoms with Crippen LogP contribution in [0, 0.1) is 5.82 Å². The van der Waals surface area contributed by atoms with Gasteiger partial charge in [0.25, 0.3) is 0 Å². The number of nitrogen functional groups attached to an aromatic ring is 1. The van der Waals surface area contributed by atoms with Crippen molar-refractivity contribution in [1.82, 2.24) is 25.1 Å². The minimum atomic E-state index is -0.592. The third kappa shape index (κ3) is 2.98. The number of nitrogens with zero attached hydrogens (tertiary/aromatic N) is 3.